The minimum atomic E-state index is 0.256. The Kier molecular flexibility index (Phi) is 5.32. The summed E-state index contributed by atoms with van der Waals surface area (Å²) in [7, 11) is 1.76. The lowest BCUT2D eigenvalue weighted by Crippen LogP contribution is -2.24. The molecule has 2 rings (SSSR count). The highest BCUT2D eigenvalue weighted by Gasteiger charge is 2.22. The first-order chi connectivity index (χ1) is 9.58. The van der Waals surface area contributed by atoms with E-state index in [1.165, 1.54) is 6.42 Å². The Hall–Kier alpha value is -1.19. The lowest BCUT2D eigenvalue weighted by Gasteiger charge is -2.15. The van der Waals surface area contributed by atoms with Crippen LogP contribution in [0.25, 0.3) is 0 Å². The minimum absolute atomic E-state index is 0.256. The van der Waals surface area contributed by atoms with E-state index in [0.29, 0.717) is 12.3 Å². The van der Waals surface area contributed by atoms with Gasteiger partial charge in [0.1, 0.15) is 0 Å². The number of methoxy groups -OCH3 is 1. The molecule has 1 unspecified atom stereocenters. The van der Waals surface area contributed by atoms with E-state index in [2.05, 4.69) is 11.0 Å². The number of nitrogens with zero attached hydrogens (tertiary/aromatic N) is 1. The molecule has 0 aromatic heterocycles. The molecule has 1 fully saturated rings. The zero-order valence-corrected chi connectivity index (χ0v) is 12.8. The van der Waals surface area contributed by atoms with E-state index in [4.69, 9.17) is 4.74 Å². The lowest BCUT2D eigenvalue weighted by atomic mass is 10.0. The molecule has 3 nitrogen and oxygen atoms in total. The maximum atomic E-state index is 12.3. The SMILES string of the molecule is COCC1CCN(CCC(=O)c2cc(C)cc(C)c2)C1. The Morgan fingerprint density at radius 1 is 1.30 bits per heavy atom. The van der Waals surface area contributed by atoms with Gasteiger partial charge in [-0.15, -0.1) is 0 Å². The van der Waals surface area contributed by atoms with Crippen molar-refractivity contribution in [1.82, 2.24) is 4.90 Å². The van der Waals surface area contributed by atoms with E-state index < -0.39 is 0 Å². The number of ether oxygens (including phenoxy) is 1. The number of rotatable bonds is 6. The van der Waals surface area contributed by atoms with E-state index >= 15 is 0 Å². The van der Waals surface area contributed by atoms with Crippen molar-refractivity contribution in [2.45, 2.75) is 26.7 Å². The highest BCUT2D eigenvalue weighted by Crippen LogP contribution is 2.17. The number of benzene rings is 1. The Morgan fingerprint density at radius 2 is 2.00 bits per heavy atom. The molecular formula is C17H25NO2. The molecule has 0 saturated carbocycles. The quantitative estimate of drug-likeness (QED) is 0.748. The molecule has 1 atom stereocenters. The number of carbonyl (C=O) groups is 1. The van der Waals surface area contributed by atoms with Gasteiger partial charge in [0.25, 0.3) is 0 Å². The second-order valence-corrected chi connectivity index (χ2v) is 5.96. The predicted octanol–water partition coefficient (Wildman–Crippen LogP) is 2.84. The molecule has 0 amide bonds. The molecule has 3 heteroatoms. The maximum absolute atomic E-state index is 12.3. The molecule has 1 aliphatic heterocycles. The number of carbonyl (C=O) groups excluding carboxylic acids is 1. The van der Waals surface area contributed by atoms with E-state index in [9.17, 15) is 4.79 Å². The zero-order valence-electron chi connectivity index (χ0n) is 12.8. The van der Waals surface area contributed by atoms with Gasteiger partial charge in [-0.2, -0.15) is 0 Å². The van der Waals surface area contributed by atoms with Crippen LogP contribution in [0.15, 0.2) is 18.2 Å². The number of Topliss-reactive ketones (excluding diaryl/α,β-unsaturated/α-hetero) is 1. The molecule has 1 aromatic rings. The van der Waals surface area contributed by atoms with Crippen molar-refractivity contribution in [3.8, 4) is 0 Å². The van der Waals surface area contributed by atoms with Crippen LogP contribution in [0.1, 0.15) is 34.3 Å². The first-order valence-electron chi connectivity index (χ1n) is 7.41. The summed E-state index contributed by atoms with van der Waals surface area (Å²) in [5.74, 6) is 0.892. The molecule has 1 aliphatic rings. The molecule has 0 radical (unpaired) electrons. The Bertz CT molecular complexity index is 450. The van der Waals surface area contributed by atoms with E-state index in [1.807, 2.05) is 26.0 Å². The predicted molar refractivity (Wildman–Crippen MR) is 81.3 cm³/mol. The fourth-order valence-electron chi connectivity index (χ4n) is 3.03. The maximum Gasteiger partial charge on any atom is 0.164 e. The van der Waals surface area contributed by atoms with E-state index in [-0.39, 0.29) is 5.78 Å². The van der Waals surface area contributed by atoms with Gasteiger partial charge in [-0.3, -0.25) is 4.79 Å². The highest BCUT2D eigenvalue weighted by molar-refractivity contribution is 5.96. The molecule has 110 valence electrons. The topological polar surface area (TPSA) is 29.5 Å². The van der Waals surface area contributed by atoms with Crippen LogP contribution in [0, 0.1) is 19.8 Å². The highest BCUT2D eigenvalue weighted by atomic mass is 16.5. The summed E-state index contributed by atoms with van der Waals surface area (Å²) in [5.41, 5.74) is 3.18. The van der Waals surface area contributed by atoms with Gasteiger partial charge in [0, 0.05) is 32.2 Å². The fourth-order valence-corrected chi connectivity index (χ4v) is 3.03. The van der Waals surface area contributed by atoms with E-state index in [1.54, 1.807) is 7.11 Å². The molecule has 0 bridgehead atoms. The molecule has 20 heavy (non-hydrogen) atoms. The van der Waals surface area contributed by atoms with Gasteiger partial charge >= 0.3 is 0 Å². The largest absolute Gasteiger partial charge is 0.384 e. The first-order valence-corrected chi connectivity index (χ1v) is 7.41. The fraction of sp³-hybridized carbons (Fsp3) is 0.588. The monoisotopic (exact) mass is 275 g/mol. The minimum Gasteiger partial charge on any atom is -0.384 e. The summed E-state index contributed by atoms with van der Waals surface area (Å²) in [6.45, 7) is 7.94. The summed E-state index contributed by atoms with van der Waals surface area (Å²) < 4.78 is 5.20. The lowest BCUT2D eigenvalue weighted by molar-refractivity contribution is 0.0966. The Morgan fingerprint density at radius 3 is 2.65 bits per heavy atom. The van der Waals surface area contributed by atoms with Crippen LogP contribution in [-0.2, 0) is 4.74 Å². The third-order valence-electron chi connectivity index (χ3n) is 3.97. The average Bonchev–Trinajstić information content (AvgIpc) is 2.83. The number of ketones is 1. The standard InChI is InChI=1S/C17H25NO2/c1-13-8-14(2)10-16(9-13)17(19)5-7-18-6-4-15(11-18)12-20-3/h8-10,15H,4-7,11-12H2,1-3H3. The van der Waals surface area contributed by atoms with Crippen molar-refractivity contribution in [3.05, 3.63) is 34.9 Å². The Balaban J connectivity index is 1.83. The summed E-state index contributed by atoms with van der Waals surface area (Å²) in [4.78, 5) is 14.6. The van der Waals surface area contributed by atoms with Gasteiger partial charge < -0.3 is 9.64 Å². The molecule has 0 aliphatic carbocycles. The van der Waals surface area contributed by atoms with Crippen LogP contribution in [0.4, 0.5) is 0 Å². The number of hydrogen-bond acceptors (Lipinski definition) is 3. The molecule has 1 heterocycles. The third kappa shape index (κ3) is 4.15. The van der Waals surface area contributed by atoms with Crippen LogP contribution in [-0.4, -0.2) is 44.0 Å². The van der Waals surface area contributed by atoms with Crippen LogP contribution in [0.5, 0.6) is 0 Å². The number of likely N-dealkylation sites (tertiary alicyclic amines) is 1. The van der Waals surface area contributed by atoms with Gasteiger partial charge in [0.15, 0.2) is 5.78 Å². The molecular weight excluding hydrogens is 250 g/mol. The van der Waals surface area contributed by atoms with Crippen molar-refractivity contribution in [2.75, 3.05) is 33.4 Å². The number of aryl methyl sites for hydroxylation is 2. The van der Waals surface area contributed by atoms with Crippen LogP contribution >= 0.6 is 0 Å². The van der Waals surface area contributed by atoms with Gasteiger partial charge in [-0.25, -0.2) is 0 Å². The molecule has 0 spiro atoms. The van der Waals surface area contributed by atoms with E-state index in [0.717, 1.165) is 42.9 Å². The molecule has 1 saturated heterocycles. The summed E-state index contributed by atoms with van der Waals surface area (Å²) in [5, 5.41) is 0. The van der Waals surface area contributed by atoms with Crippen LogP contribution < -0.4 is 0 Å². The molecule has 0 N–H and O–H groups in total. The van der Waals surface area contributed by atoms with Gasteiger partial charge in [0.05, 0.1) is 6.61 Å². The van der Waals surface area contributed by atoms with Crippen molar-refractivity contribution >= 4 is 5.78 Å². The van der Waals surface area contributed by atoms with Crippen molar-refractivity contribution in [1.29, 1.82) is 0 Å². The second-order valence-electron chi connectivity index (χ2n) is 5.96. The zero-order chi connectivity index (χ0) is 14.5. The summed E-state index contributed by atoms with van der Waals surface area (Å²) in [6.07, 6.45) is 1.80. The summed E-state index contributed by atoms with van der Waals surface area (Å²) in [6, 6.07) is 6.09. The van der Waals surface area contributed by atoms with Crippen LogP contribution in [0.2, 0.25) is 0 Å². The van der Waals surface area contributed by atoms with Gasteiger partial charge in [-0.1, -0.05) is 17.2 Å². The Labute approximate surface area is 121 Å². The van der Waals surface area contributed by atoms with Crippen molar-refractivity contribution in [3.63, 3.8) is 0 Å². The average molecular weight is 275 g/mol. The normalized spacial score (nSPS) is 19.4. The van der Waals surface area contributed by atoms with Crippen molar-refractivity contribution < 1.29 is 9.53 Å². The second kappa shape index (κ2) is 7.00. The smallest absolute Gasteiger partial charge is 0.164 e. The van der Waals surface area contributed by atoms with Gasteiger partial charge in [0.2, 0.25) is 0 Å². The third-order valence-corrected chi connectivity index (χ3v) is 3.97. The van der Waals surface area contributed by atoms with Crippen LogP contribution in [0.3, 0.4) is 0 Å². The van der Waals surface area contributed by atoms with Gasteiger partial charge in [-0.05, 0) is 44.9 Å². The number of hydrogen-bond donors (Lipinski definition) is 0. The first kappa shape index (κ1) is 15.2. The van der Waals surface area contributed by atoms with Crippen molar-refractivity contribution in [2.24, 2.45) is 5.92 Å². The molecule has 1 aromatic carbocycles. The summed E-state index contributed by atoms with van der Waals surface area (Å²) >= 11 is 0.